The van der Waals surface area contributed by atoms with E-state index in [1.165, 1.54) is 18.4 Å². The molecule has 2 aliphatic rings. The predicted molar refractivity (Wildman–Crippen MR) is 135 cm³/mol. The summed E-state index contributed by atoms with van der Waals surface area (Å²) in [5.74, 6) is -1.72. The van der Waals surface area contributed by atoms with Crippen molar-refractivity contribution in [2.45, 2.75) is 38.6 Å². The number of ether oxygens (including phenoxy) is 1. The maximum Gasteiger partial charge on any atom is 0.353 e. The van der Waals surface area contributed by atoms with Gasteiger partial charge in [0.25, 0.3) is 11.8 Å². The van der Waals surface area contributed by atoms with Crippen molar-refractivity contribution in [2.75, 3.05) is 12.4 Å². The first-order chi connectivity index (χ1) is 17.3. The van der Waals surface area contributed by atoms with Gasteiger partial charge in [0.05, 0.1) is 13.7 Å². The van der Waals surface area contributed by atoms with E-state index < -0.39 is 11.9 Å². The molecule has 1 fully saturated rings. The number of amides is 3. The van der Waals surface area contributed by atoms with E-state index in [4.69, 9.17) is 0 Å². The second-order valence-electron chi connectivity index (χ2n) is 9.00. The minimum Gasteiger partial charge on any atom is -0.464 e. The van der Waals surface area contributed by atoms with Gasteiger partial charge in [0.1, 0.15) is 11.4 Å². The molecule has 0 unspecified atom stereocenters. The Morgan fingerprint density at radius 1 is 0.972 bits per heavy atom. The number of esters is 1. The monoisotopic (exact) mass is 487 g/mol. The summed E-state index contributed by atoms with van der Waals surface area (Å²) in [6.45, 7) is 7.36. The molecule has 8 heteroatoms. The van der Waals surface area contributed by atoms with Crippen LogP contribution >= 0.6 is 0 Å². The van der Waals surface area contributed by atoms with Crippen LogP contribution < -0.4 is 10.6 Å². The fourth-order valence-corrected chi connectivity index (χ4v) is 4.67. The van der Waals surface area contributed by atoms with Crippen LogP contribution in [0.15, 0.2) is 67.0 Å². The van der Waals surface area contributed by atoms with Crippen LogP contribution in [0.25, 0.3) is 11.1 Å². The summed E-state index contributed by atoms with van der Waals surface area (Å²) in [7, 11) is 1.17. The van der Waals surface area contributed by atoms with Crippen molar-refractivity contribution in [2.24, 2.45) is 5.92 Å². The fraction of sp³-hybridized carbons (Fsp3) is 0.286. The summed E-state index contributed by atoms with van der Waals surface area (Å²) in [5, 5.41) is 5.32. The van der Waals surface area contributed by atoms with Gasteiger partial charge in [0.2, 0.25) is 5.91 Å². The SMILES string of the molecule is C=C(NC(=O)C(=C)N1Cc2c(cccc2-c2ccc(NC(=O)C3CCCCC3)cc2)C1=O)C(=O)OC. The maximum absolute atomic E-state index is 13.1. The lowest BCUT2D eigenvalue weighted by atomic mass is 9.88. The van der Waals surface area contributed by atoms with Crippen LogP contribution in [-0.4, -0.2) is 35.7 Å². The standard InChI is InChI=1S/C28H29N3O5/c1-17(28(35)36-3)29-25(32)18(2)31-16-24-22(10-7-11-23(24)27(31)34)19-12-14-21(15-13-19)30-26(33)20-8-5-4-6-9-20/h7,10-15,20H,1-2,4-6,8-9,16H2,3H3,(H,29,32)(H,30,33). The van der Waals surface area contributed by atoms with E-state index in [2.05, 4.69) is 28.5 Å². The van der Waals surface area contributed by atoms with Crippen molar-refractivity contribution in [3.8, 4) is 11.1 Å². The molecule has 3 amide bonds. The average Bonchev–Trinajstić information content (AvgIpc) is 3.25. The molecular formula is C28H29N3O5. The summed E-state index contributed by atoms with van der Waals surface area (Å²) in [5.41, 5.74) is 3.35. The third kappa shape index (κ3) is 5.07. The third-order valence-corrected chi connectivity index (χ3v) is 6.69. The maximum atomic E-state index is 13.1. The van der Waals surface area contributed by atoms with E-state index in [1.54, 1.807) is 12.1 Å². The zero-order chi connectivity index (χ0) is 25.8. The number of anilines is 1. The molecule has 2 N–H and O–H groups in total. The Bertz CT molecular complexity index is 1240. The fourth-order valence-electron chi connectivity index (χ4n) is 4.67. The van der Waals surface area contributed by atoms with Gasteiger partial charge in [-0.15, -0.1) is 0 Å². The zero-order valence-corrected chi connectivity index (χ0v) is 20.3. The largest absolute Gasteiger partial charge is 0.464 e. The van der Waals surface area contributed by atoms with Crippen LogP contribution in [0.1, 0.15) is 48.0 Å². The second kappa shape index (κ2) is 10.6. The van der Waals surface area contributed by atoms with Gasteiger partial charge in [-0.1, -0.05) is 56.7 Å². The highest BCUT2D eigenvalue weighted by molar-refractivity contribution is 6.08. The normalized spacial score (nSPS) is 15.1. The highest BCUT2D eigenvalue weighted by Gasteiger charge is 2.33. The van der Waals surface area contributed by atoms with Crippen LogP contribution in [0.4, 0.5) is 5.69 Å². The Morgan fingerprint density at radius 3 is 2.31 bits per heavy atom. The van der Waals surface area contributed by atoms with Crippen LogP contribution in [0.3, 0.4) is 0 Å². The van der Waals surface area contributed by atoms with Crippen LogP contribution in [0.2, 0.25) is 0 Å². The Labute approximate surface area is 210 Å². The molecule has 0 bridgehead atoms. The molecule has 0 spiro atoms. The van der Waals surface area contributed by atoms with E-state index in [0.717, 1.165) is 48.1 Å². The van der Waals surface area contributed by atoms with Crippen LogP contribution in [-0.2, 0) is 25.7 Å². The molecule has 36 heavy (non-hydrogen) atoms. The Kier molecular flexibility index (Phi) is 7.33. The number of nitrogens with one attached hydrogen (secondary N) is 2. The number of carbonyl (C=O) groups is 4. The number of hydrogen-bond donors (Lipinski definition) is 2. The van der Waals surface area contributed by atoms with E-state index in [0.29, 0.717) is 5.56 Å². The quantitative estimate of drug-likeness (QED) is 0.451. The van der Waals surface area contributed by atoms with Crippen molar-refractivity contribution in [1.29, 1.82) is 0 Å². The van der Waals surface area contributed by atoms with Crippen molar-refractivity contribution in [3.63, 3.8) is 0 Å². The first-order valence-corrected chi connectivity index (χ1v) is 11.9. The molecule has 1 heterocycles. The Balaban J connectivity index is 1.48. The zero-order valence-electron chi connectivity index (χ0n) is 20.3. The van der Waals surface area contributed by atoms with Crippen molar-refractivity contribution < 1.29 is 23.9 Å². The number of hydrogen-bond acceptors (Lipinski definition) is 5. The van der Waals surface area contributed by atoms with Crippen LogP contribution in [0.5, 0.6) is 0 Å². The number of methoxy groups -OCH3 is 1. The lowest BCUT2D eigenvalue weighted by Crippen LogP contribution is -2.36. The van der Waals surface area contributed by atoms with E-state index in [9.17, 15) is 19.2 Å². The number of benzene rings is 2. The molecular weight excluding hydrogens is 458 g/mol. The molecule has 1 saturated carbocycles. The highest BCUT2D eigenvalue weighted by Crippen LogP contribution is 2.35. The smallest absolute Gasteiger partial charge is 0.353 e. The molecule has 0 aromatic heterocycles. The molecule has 1 aliphatic carbocycles. The van der Waals surface area contributed by atoms with Gasteiger partial charge in [-0.05, 0) is 47.7 Å². The Hall–Kier alpha value is -4.20. The van der Waals surface area contributed by atoms with E-state index in [1.807, 2.05) is 30.3 Å². The summed E-state index contributed by atoms with van der Waals surface area (Å²) >= 11 is 0. The van der Waals surface area contributed by atoms with E-state index >= 15 is 0 Å². The third-order valence-electron chi connectivity index (χ3n) is 6.69. The van der Waals surface area contributed by atoms with Gasteiger partial charge < -0.3 is 15.4 Å². The number of rotatable bonds is 7. The summed E-state index contributed by atoms with van der Waals surface area (Å²) < 4.78 is 4.53. The molecule has 2 aromatic rings. The summed E-state index contributed by atoms with van der Waals surface area (Å²) in [6.07, 6.45) is 5.26. The van der Waals surface area contributed by atoms with Gasteiger partial charge in [-0.25, -0.2) is 4.79 Å². The highest BCUT2D eigenvalue weighted by atomic mass is 16.5. The number of nitrogens with zero attached hydrogens (tertiary/aromatic N) is 1. The average molecular weight is 488 g/mol. The van der Waals surface area contributed by atoms with E-state index in [-0.39, 0.29) is 35.7 Å². The first-order valence-electron chi connectivity index (χ1n) is 11.9. The van der Waals surface area contributed by atoms with Gasteiger partial charge in [0, 0.05) is 17.2 Å². The predicted octanol–water partition coefficient (Wildman–Crippen LogP) is 4.14. The summed E-state index contributed by atoms with van der Waals surface area (Å²) in [4.78, 5) is 51.0. The molecule has 0 atom stereocenters. The molecule has 0 saturated heterocycles. The molecule has 1 aliphatic heterocycles. The van der Waals surface area contributed by atoms with Crippen LogP contribution in [0, 0.1) is 5.92 Å². The van der Waals surface area contributed by atoms with Gasteiger partial charge in [-0.3, -0.25) is 19.3 Å². The molecule has 186 valence electrons. The first kappa shape index (κ1) is 24.9. The molecule has 2 aromatic carbocycles. The van der Waals surface area contributed by atoms with Gasteiger partial charge >= 0.3 is 5.97 Å². The molecule has 4 rings (SSSR count). The second-order valence-corrected chi connectivity index (χ2v) is 9.00. The number of carbonyl (C=O) groups excluding carboxylic acids is 4. The summed E-state index contributed by atoms with van der Waals surface area (Å²) in [6, 6.07) is 12.9. The van der Waals surface area contributed by atoms with Crippen molar-refractivity contribution in [1.82, 2.24) is 10.2 Å². The van der Waals surface area contributed by atoms with Gasteiger partial charge in [-0.2, -0.15) is 0 Å². The Morgan fingerprint density at radius 2 is 1.64 bits per heavy atom. The molecule has 8 nitrogen and oxygen atoms in total. The number of fused-ring (bicyclic) bond motifs is 1. The lowest BCUT2D eigenvalue weighted by molar-refractivity contribution is -0.137. The topological polar surface area (TPSA) is 105 Å². The van der Waals surface area contributed by atoms with Crippen molar-refractivity contribution in [3.05, 3.63) is 78.1 Å². The van der Waals surface area contributed by atoms with Gasteiger partial charge in [0.15, 0.2) is 0 Å². The lowest BCUT2D eigenvalue weighted by Gasteiger charge is -2.20. The minimum atomic E-state index is -0.784. The van der Waals surface area contributed by atoms with Crippen molar-refractivity contribution >= 4 is 29.4 Å². The molecule has 0 radical (unpaired) electrons. The minimum absolute atomic E-state index is 0.0657.